The van der Waals surface area contributed by atoms with E-state index < -0.39 is 10.0 Å². The lowest BCUT2D eigenvalue weighted by atomic mass is 10.1. The Hall–Kier alpha value is -2.34. The minimum absolute atomic E-state index is 0.0394. The Bertz CT molecular complexity index is 936. The van der Waals surface area contributed by atoms with Crippen molar-refractivity contribution in [3.05, 3.63) is 58.7 Å². The first-order chi connectivity index (χ1) is 12.6. The molecule has 0 radical (unpaired) electrons. The molecule has 2 N–H and O–H groups in total. The molecule has 0 fully saturated rings. The first-order valence-electron chi connectivity index (χ1n) is 9.15. The number of rotatable bonds is 7. The summed E-state index contributed by atoms with van der Waals surface area (Å²) in [4.78, 5) is 12.5. The maximum Gasteiger partial charge on any atom is 0.262 e. The number of hydrogen-bond acceptors (Lipinski definition) is 3. The van der Waals surface area contributed by atoms with Crippen LogP contribution < -0.4 is 10.0 Å². The van der Waals surface area contributed by atoms with Crippen LogP contribution in [0.15, 0.2) is 41.3 Å². The molecular formula is C21H28N2O3S. The molecule has 27 heavy (non-hydrogen) atoms. The smallest absolute Gasteiger partial charge is 0.262 e. The number of aryl methyl sites for hydroxylation is 3. The van der Waals surface area contributed by atoms with Gasteiger partial charge in [-0.1, -0.05) is 25.5 Å². The van der Waals surface area contributed by atoms with Gasteiger partial charge in [-0.2, -0.15) is 0 Å². The normalized spacial score (nSPS) is 12.5. The Labute approximate surface area is 162 Å². The molecule has 0 saturated heterocycles. The lowest BCUT2D eigenvalue weighted by Crippen LogP contribution is -2.32. The summed E-state index contributed by atoms with van der Waals surface area (Å²) >= 11 is 0. The van der Waals surface area contributed by atoms with Crippen LogP contribution in [0.4, 0.5) is 5.69 Å². The molecule has 146 valence electrons. The number of hydrogen-bond donors (Lipinski definition) is 2. The lowest BCUT2D eigenvalue weighted by molar-refractivity contribution is 0.0938. The van der Waals surface area contributed by atoms with Gasteiger partial charge in [0.1, 0.15) is 0 Å². The topological polar surface area (TPSA) is 75.3 Å². The predicted octanol–water partition coefficient (Wildman–Crippen LogP) is 4.33. The van der Waals surface area contributed by atoms with Crippen LogP contribution in [-0.4, -0.2) is 20.4 Å². The van der Waals surface area contributed by atoms with Crippen LogP contribution in [0, 0.1) is 20.8 Å². The molecule has 0 bridgehead atoms. The van der Waals surface area contributed by atoms with Gasteiger partial charge in [-0.3, -0.25) is 9.52 Å². The number of carbonyl (C=O) groups is 1. The highest BCUT2D eigenvalue weighted by Crippen LogP contribution is 2.22. The van der Waals surface area contributed by atoms with Crippen molar-refractivity contribution in [1.82, 2.24) is 5.32 Å². The van der Waals surface area contributed by atoms with Crippen molar-refractivity contribution in [2.75, 3.05) is 4.72 Å². The van der Waals surface area contributed by atoms with Gasteiger partial charge in [0.05, 0.1) is 4.90 Å². The second-order valence-electron chi connectivity index (χ2n) is 7.05. The van der Waals surface area contributed by atoms with E-state index in [0.29, 0.717) is 16.8 Å². The van der Waals surface area contributed by atoms with Crippen LogP contribution in [0.3, 0.4) is 0 Å². The van der Waals surface area contributed by atoms with Crippen molar-refractivity contribution in [2.24, 2.45) is 0 Å². The molecule has 0 unspecified atom stereocenters. The summed E-state index contributed by atoms with van der Waals surface area (Å²) in [6.45, 7) is 9.61. The molecule has 2 rings (SSSR count). The molecule has 0 aromatic heterocycles. The van der Waals surface area contributed by atoms with Crippen molar-refractivity contribution >= 4 is 21.6 Å². The Kier molecular flexibility index (Phi) is 6.65. The van der Waals surface area contributed by atoms with Gasteiger partial charge in [-0.15, -0.1) is 0 Å². The summed E-state index contributed by atoms with van der Waals surface area (Å²) in [7, 11) is -3.80. The molecule has 1 atom stereocenters. The predicted molar refractivity (Wildman–Crippen MR) is 110 cm³/mol. The third-order valence-corrected chi connectivity index (χ3v) is 6.12. The Morgan fingerprint density at radius 1 is 1.00 bits per heavy atom. The van der Waals surface area contributed by atoms with Crippen molar-refractivity contribution in [3.8, 4) is 0 Å². The highest BCUT2D eigenvalue weighted by molar-refractivity contribution is 7.92. The lowest BCUT2D eigenvalue weighted by Gasteiger charge is -2.15. The van der Waals surface area contributed by atoms with E-state index in [2.05, 4.69) is 17.0 Å². The van der Waals surface area contributed by atoms with Crippen molar-refractivity contribution in [1.29, 1.82) is 0 Å². The van der Waals surface area contributed by atoms with Gasteiger partial charge in [0.15, 0.2) is 0 Å². The summed E-state index contributed by atoms with van der Waals surface area (Å²) in [5, 5.41) is 2.90. The van der Waals surface area contributed by atoms with Gasteiger partial charge in [0, 0.05) is 17.3 Å². The summed E-state index contributed by atoms with van der Waals surface area (Å²) in [5.41, 5.74) is 3.52. The number of carbonyl (C=O) groups excluding carboxylic acids is 1. The second kappa shape index (κ2) is 8.57. The molecule has 0 spiro atoms. The first kappa shape index (κ1) is 21.0. The fourth-order valence-electron chi connectivity index (χ4n) is 2.86. The SMILES string of the molecule is CCC[C@@H](C)NC(=O)c1ccc(C)c(S(=O)(=O)Nc2ccc(C)c(C)c2)c1. The van der Waals surface area contributed by atoms with E-state index in [4.69, 9.17) is 0 Å². The van der Waals surface area contributed by atoms with Crippen LogP contribution in [-0.2, 0) is 10.0 Å². The molecular weight excluding hydrogens is 360 g/mol. The molecule has 0 aliphatic heterocycles. The molecule has 0 aliphatic rings. The number of benzene rings is 2. The zero-order chi connectivity index (χ0) is 20.2. The standard InChI is InChI=1S/C21H28N2O3S/c1-6-7-17(5)22-21(24)18-10-8-15(3)20(13-18)27(25,26)23-19-11-9-14(2)16(4)12-19/h8-13,17,23H,6-7H2,1-5H3,(H,22,24)/t17-/m1/s1. The average Bonchev–Trinajstić information content (AvgIpc) is 2.58. The van der Waals surface area contributed by atoms with E-state index in [1.165, 1.54) is 6.07 Å². The van der Waals surface area contributed by atoms with Gasteiger partial charge < -0.3 is 5.32 Å². The van der Waals surface area contributed by atoms with Gasteiger partial charge in [-0.25, -0.2) is 8.42 Å². The number of amides is 1. The van der Waals surface area contributed by atoms with E-state index in [1.54, 1.807) is 31.2 Å². The molecule has 5 nitrogen and oxygen atoms in total. The number of anilines is 1. The molecule has 1 amide bonds. The van der Waals surface area contributed by atoms with Crippen molar-refractivity contribution in [3.63, 3.8) is 0 Å². The molecule has 2 aromatic carbocycles. The molecule has 0 saturated carbocycles. The third-order valence-electron chi connectivity index (χ3n) is 4.60. The Morgan fingerprint density at radius 2 is 1.67 bits per heavy atom. The zero-order valence-corrected chi connectivity index (χ0v) is 17.4. The molecule has 0 heterocycles. The minimum Gasteiger partial charge on any atom is -0.350 e. The van der Waals surface area contributed by atoms with Gasteiger partial charge in [-0.05, 0) is 75.1 Å². The monoisotopic (exact) mass is 388 g/mol. The Morgan fingerprint density at radius 3 is 2.30 bits per heavy atom. The highest BCUT2D eigenvalue weighted by atomic mass is 32.2. The number of nitrogens with one attached hydrogen (secondary N) is 2. The van der Waals surface area contributed by atoms with Gasteiger partial charge in [0.2, 0.25) is 0 Å². The third kappa shape index (κ3) is 5.32. The largest absolute Gasteiger partial charge is 0.350 e. The van der Waals surface area contributed by atoms with E-state index in [1.807, 2.05) is 26.8 Å². The van der Waals surface area contributed by atoms with Crippen LogP contribution in [0.25, 0.3) is 0 Å². The molecule has 0 aliphatic carbocycles. The highest BCUT2D eigenvalue weighted by Gasteiger charge is 2.20. The van der Waals surface area contributed by atoms with E-state index in [9.17, 15) is 13.2 Å². The summed E-state index contributed by atoms with van der Waals surface area (Å²) in [5.74, 6) is -0.265. The second-order valence-corrected chi connectivity index (χ2v) is 8.70. The summed E-state index contributed by atoms with van der Waals surface area (Å²) < 4.78 is 28.4. The van der Waals surface area contributed by atoms with Crippen molar-refractivity contribution in [2.45, 2.75) is 58.4 Å². The maximum absolute atomic E-state index is 12.9. The Balaban J connectivity index is 2.30. The van der Waals surface area contributed by atoms with Crippen LogP contribution >= 0.6 is 0 Å². The van der Waals surface area contributed by atoms with E-state index in [-0.39, 0.29) is 16.8 Å². The van der Waals surface area contributed by atoms with Gasteiger partial charge >= 0.3 is 0 Å². The van der Waals surface area contributed by atoms with Crippen LogP contribution in [0.5, 0.6) is 0 Å². The first-order valence-corrected chi connectivity index (χ1v) is 10.6. The zero-order valence-electron chi connectivity index (χ0n) is 16.6. The van der Waals surface area contributed by atoms with Crippen molar-refractivity contribution < 1.29 is 13.2 Å². The van der Waals surface area contributed by atoms with E-state index >= 15 is 0 Å². The van der Waals surface area contributed by atoms with Gasteiger partial charge in [0.25, 0.3) is 15.9 Å². The summed E-state index contributed by atoms with van der Waals surface area (Å²) in [6.07, 6.45) is 1.84. The average molecular weight is 389 g/mol. The molecule has 6 heteroatoms. The van der Waals surface area contributed by atoms with E-state index in [0.717, 1.165) is 24.0 Å². The minimum atomic E-state index is -3.80. The quantitative estimate of drug-likeness (QED) is 0.741. The fraction of sp³-hybridized carbons (Fsp3) is 0.381. The maximum atomic E-state index is 12.9. The summed E-state index contributed by atoms with van der Waals surface area (Å²) in [6, 6.07) is 10.2. The number of sulfonamides is 1. The fourth-order valence-corrected chi connectivity index (χ4v) is 4.18. The molecule has 2 aromatic rings. The van der Waals surface area contributed by atoms with Crippen LogP contribution in [0.2, 0.25) is 0 Å². The van der Waals surface area contributed by atoms with Crippen LogP contribution in [0.1, 0.15) is 53.7 Å².